The van der Waals surface area contributed by atoms with Crippen molar-refractivity contribution in [3.63, 3.8) is 0 Å². The van der Waals surface area contributed by atoms with Crippen LogP contribution in [0.25, 0.3) is 0 Å². The molecule has 7 nitrogen and oxygen atoms in total. The van der Waals surface area contributed by atoms with E-state index in [1.54, 1.807) is 18.2 Å². The van der Waals surface area contributed by atoms with Crippen LogP contribution in [-0.4, -0.2) is 29.1 Å². The molecule has 0 aliphatic carbocycles. The van der Waals surface area contributed by atoms with Gasteiger partial charge in [0.1, 0.15) is 6.04 Å². The van der Waals surface area contributed by atoms with Gasteiger partial charge in [0.2, 0.25) is 5.91 Å². The van der Waals surface area contributed by atoms with Crippen molar-refractivity contribution >= 4 is 57.8 Å². The highest BCUT2D eigenvalue weighted by Gasteiger charge is 2.22. The van der Waals surface area contributed by atoms with Gasteiger partial charge in [-0.2, -0.15) is 0 Å². The lowest BCUT2D eigenvalue weighted by atomic mass is 10.2. The summed E-state index contributed by atoms with van der Waals surface area (Å²) in [6.45, 7) is 0. The fraction of sp³-hybridized carbons (Fsp3) is 0.182. The third-order valence-electron chi connectivity index (χ3n) is 2.19. The second-order valence-corrected chi connectivity index (χ2v) is 5.44. The van der Waals surface area contributed by atoms with Gasteiger partial charge in [0, 0.05) is 3.57 Å². The van der Waals surface area contributed by atoms with E-state index in [0.29, 0.717) is 10.7 Å². The smallest absolute Gasteiger partial charge is 0.326 e. The Labute approximate surface area is 133 Å². The largest absolute Gasteiger partial charge is 0.480 e. The fourth-order valence-corrected chi connectivity index (χ4v) is 2.21. The predicted octanol–water partition coefficient (Wildman–Crippen LogP) is 1.39. The molecule has 108 valence electrons. The third-order valence-corrected chi connectivity index (χ3v) is 3.17. The number of urea groups is 1. The molecule has 9 heteroatoms. The molecule has 0 aromatic heterocycles. The first kappa shape index (κ1) is 16.5. The lowest BCUT2D eigenvalue weighted by Gasteiger charge is -2.14. The molecular formula is C11H11ClIN3O4. The van der Waals surface area contributed by atoms with Crippen molar-refractivity contribution in [3.05, 3.63) is 26.8 Å². The summed E-state index contributed by atoms with van der Waals surface area (Å²) in [7, 11) is 0. The molecule has 3 amide bonds. The number of benzene rings is 1. The number of carbonyl (C=O) groups is 3. The summed E-state index contributed by atoms with van der Waals surface area (Å²) in [5.74, 6) is -2.18. The van der Waals surface area contributed by atoms with Gasteiger partial charge in [-0.25, -0.2) is 9.59 Å². The van der Waals surface area contributed by atoms with Gasteiger partial charge in [-0.15, -0.1) is 0 Å². The van der Waals surface area contributed by atoms with Crippen molar-refractivity contribution in [3.8, 4) is 0 Å². The van der Waals surface area contributed by atoms with E-state index in [9.17, 15) is 14.4 Å². The number of carboxylic acids is 1. The molecular weight excluding hydrogens is 400 g/mol. The number of rotatable bonds is 5. The molecule has 1 aromatic carbocycles. The number of anilines is 1. The van der Waals surface area contributed by atoms with Crippen LogP contribution in [0.2, 0.25) is 5.02 Å². The molecule has 1 atom stereocenters. The Hall–Kier alpha value is -1.55. The van der Waals surface area contributed by atoms with E-state index < -0.39 is 30.4 Å². The van der Waals surface area contributed by atoms with E-state index in [0.717, 1.165) is 3.57 Å². The number of hydrogen-bond donors (Lipinski definition) is 4. The van der Waals surface area contributed by atoms with E-state index >= 15 is 0 Å². The molecule has 1 rings (SSSR count). The minimum absolute atomic E-state index is 0.314. The SMILES string of the molecule is NC(=O)CC(NC(=O)Nc1ccc(I)cc1Cl)C(=O)O. The Kier molecular flexibility index (Phi) is 6.02. The van der Waals surface area contributed by atoms with Crippen LogP contribution in [0.15, 0.2) is 18.2 Å². The predicted molar refractivity (Wildman–Crippen MR) is 81.6 cm³/mol. The zero-order chi connectivity index (χ0) is 15.3. The van der Waals surface area contributed by atoms with Crippen LogP contribution >= 0.6 is 34.2 Å². The molecule has 0 aliphatic heterocycles. The number of nitrogens with one attached hydrogen (secondary N) is 2. The molecule has 0 saturated heterocycles. The quantitative estimate of drug-likeness (QED) is 0.547. The maximum Gasteiger partial charge on any atom is 0.326 e. The fourth-order valence-electron chi connectivity index (χ4n) is 1.31. The van der Waals surface area contributed by atoms with Crippen molar-refractivity contribution in [2.45, 2.75) is 12.5 Å². The number of nitrogens with two attached hydrogens (primary N) is 1. The molecule has 0 bridgehead atoms. The van der Waals surface area contributed by atoms with Crippen molar-refractivity contribution in [1.82, 2.24) is 5.32 Å². The van der Waals surface area contributed by atoms with Crippen molar-refractivity contribution in [2.75, 3.05) is 5.32 Å². The number of hydrogen-bond acceptors (Lipinski definition) is 3. The highest BCUT2D eigenvalue weighted by Crippen LogP contribution is 2.23. The Balaban J connectivity index is 2.70. The van der Waals surface area contributed by atoms with Crippen LogP contribution in [0.5, 0.6) is 0 Å². The van der Waals surface area contributed by atoms with Gasteiger partial charge in [0.15, 0.2) is 0 Å². The van der Waals surface area contributed by atoms with Gasteiger partial charge in [-0.1, -0.05) is 11.6 Å². The average molecular weight is 412 g/mol. The van der Waals surface area contributed by atoms with Gasteiger partial charge in [-0.05, 0) is 40.8 Å². The highest BCUT2D eigenvalue weighted by atomic mass is 127. The standard InChI is InChI=1S/C11H11ClIN3O4/c12-6-3-5(13)1-2-7(6)15-11(20)16-8(10(18)19)4-9(14)17/h1-3,8H,4H2,(H2,14,17)(H,18,19)(H2,15,16,20). The molecule has 0 heterocycles. The first-order valence-electron chi connectivity index (χ1n) is 5.33. The molecule has 0 spiro atoms. The van der Waals surface area contributed by atoms with Gasteiger partial charge >= 0.3 is 12.0 Å². The number of carbonyl (C=O) groups excluding carboxylic acids is 2. The van der Waals surface area contributed by atoms with E-state index in [4.69, 9.17) is 22.4 Å². The second kappa shape index (κ2) is 7.29. The monoisotopic (exact) mass is 411 g/mol. The van der Waals surface area contributed by atoms with Crippen LogP contribution in [-0.2, 0) is 9.59 Å². The number of halogens is 2. The van der Waals surface area contributed by atoms with Crippen molar-refractivity contribution in [1.29, 1.82) is 0 Å². The first-order chi connectivity index (χ1) is 9.29. The number of primary amides is 1. The third kappa shape index (κ3) is 5.21. The summed E-state index contributed by atoms with van der Waals surface area (Å²) in [5.41, 5.74) is 5.23. The summed E-state index contributed by atoms with van der Waals surface area (Å²) in [6, 6.07) is 2.75. The zero-order valence-electron chi connectivity index (χ0n) is 10.0. The van der Waals surface area contributed by atoms with Crippen molar-refractivity contribution in [2.24, 2.45) is 5.73 Å². The summed E-state index contributed by atoms with van der Waals surface area (Å²) in [5, 5.41) is 13.7. The van der Waals surface area contributed by atoms with Crippen LogP contribution in [0, 0.1) is 3.57 Å². The van der Waals surface area contributed by atoms with Crippen LogP contribution < -0.4 is 16.4 Å². The molecule has 1 unspecified atom stereocenters. The van der Waals surface area contributed by atoms with Gasteiger partial charge in [0.25, 0.3) is 0 Å². The van der Waals surface area contributed by atoms with Crippen molar-refractivity contribution < 1.29 is 19.5 Å². The molecule has 0 radical (unpaired) electrons. The summed E-state index contributed by atoms with van der Waals surface area (Å²) < 4.78 is 0.885. The summed E-state index contributed by atoms with van der Waals surface area (Å²) in [6.07, 6.45) is -0.497. The maximum absolute atomic E-state index is 11.6. The molecule has 1 aromatic rings. The maximum atomic E-state index is 11.6. The van der Waals surface area contributed by atoms with Crippen LogP contribution in [0.3, 0.4) is 0 Å². The van der Waals surface area contributed by atoms with Crippen LogP contribution in [0.1, 0.15) is 6.42 Å². The van der Waals surface area contributed by atoms with Gasteiger partial charge in [0.05, 0.1) is 17.1 Å². The summed E-state index contributed by atoms with van der Waals surface area (Å²) in [4.78, 5) is 33.2. The van der Waals surface area contributed by atoms with E-state index in [1.165, 1.54) is 0 Å². The minimum Gasteiger partial charge on any atom is -0.480 e. The normalized spacial score (nSPS) is 11.5. The topological polar surface area (TPSA) is 122 Å². The molecule has 0 fully saturated rings. The Morgan fingerprint density at radius 1 is 1.40 bits per heavy atom. The van der Waals surface area contributed by atoms with Crippen LogP contribution in [0.4, 0.5) is 10.5 Å². The number of amides is 3. The van der Waals surface area contributed by atoms with Gasteiger partial charge < -0.3 is 21.5 Å². The average Bonchev–Trinajstić information content (AvgIpc) is 2.31. The Morgan fingerprint density at radius 2 is 2.05 bits per heavy atom. The Morgan fingerprint density at radius 3 is 2.55 bits per heavy atom. The van der Waals surface area contributed by atoms with E-state index in [1.807, 2.05) is 0 Å². The Bertz CT molecular complexity index is 552. The van der Waals surface area contributed by atoms with Gasteiger partial charge in [-0.3, -0.25) is 4.79 Å². The molecule has 0 aliphatic rings. The van der Waals surface area contributed by atoms with E-state index in [-0.39, 0.29) is 0 Å². The lowest BCUT2D eigenvalue weighted by Crippen LogP contribution is -2.45. The number of carboxylic acid groups (broad SMARTS) is 1. The summed E-state index contributed by atoms with van der Waals surface area (Å²) >= 11 is 7.97. The molecule has 5 N–H and O–H groups in total. The first-order valence-corrected chi connectivity index (χ1v) is 6.79. The van der Waals surface area contributed by atoms with E-state index in [2.05, 4.69) is 33.2 Å². The second-order valence-electron chi connectivity index (χ2n) is 3.78. The molecule has 0 saturated carbocycles. The minimum atomic E-state index is -1.39. The molecule has 20 heavy (non-hydrogen) atoms. The zero-order valence-corrected chi connectivity index (χ0v) is 12.9. The highest BCUT2D eigenvalue weighted by molar-refractivity contribution is 14.1. The lowest BCUT2D eigenvalue weighted by molar-refractivity contribution is -0.140. The number of aliphatic carboxylic acids is 1.